The molecular weight excluding hydrogens is 438 g/mol. The second-order valence-corrected chi connectivity index (χ2v) is 11.9. The van der Waals surface area contributed by atoms with Crippen molar-refractivity contribution in [1.82, 2.24) is 15.5 Å². The Balaban J connectivity index is 1.09. The third kappa shape index (κ3) is 4.91. The molecule has 3 aliphatic carbocycles. The van der Waals surface area contributed by atoms with E-state index in [0.29, 0.717) is 43.0 Å². The summed E-state index contributed by atoms with van der Waals surface area (Å²) >= 11 is 0. The van der Waals surface area contributed by atoms with Gasteiger partial charge in [0.2, 0.25) is 11.8 Å². The number of nitrogens with zero attached hydrogens (tertiary/aromatic N) is 1. The predicted octanol–water partition coefficient (Wildman–Crippen LogP) is 4.11. The third-order valence-corrected chi connectivity index (χ3v) is 9.51. The molecule has 3 saturated carbocycles. The highest BCUT2D eigenvalue weighted by atomic mass is 16.2. The van der Waals surface area contributed by atoms with Gasteiger partial charge < -0.3 is 10.2 Å². The zero-order chi connectivity index (χ0) is 23.9. The molecule has 35 heavy (non-hydrogen) atoms. The van der Waals surface area contributed by atoms with Gasteiger partial charge in [-0.05, 0) is 99.2 Å². The van der Waals surface area contributed by atoms with Gasteiger partial charge in [-0.25, -0.2) is 0 Å². The summed E-state index contributed by atoms with van der Waals surface area (Å²) in [6, 6.07) is 7.03. The van der Waals surface area contributed by atoms with Crippen LogP contribution in [0.5, 0.6) is 0 Å². The van der Waals surface area contributed by atoms with Crippen molar-refractivity contribution in [2.45, 2.75) is 108 Å². The number of benzene rings is 1. The van der Waals surface area contributed by atoms with E-state index >= 15 is 0 Å². The highest BCUT2D eigenvalue weighted by Gasteiger charge is 2.39. The van der Waals surface area contributed by atoms with Gasteiger partial charge in [0.05, 0.1) is 0 Å². The fourth-order valence-electron chi connectivity index (χ4n) is 7.36. The highest BCUT2D eigenvalue weighted by Crippen LogP contribution is 2.44. The molecule has 3 amide bonds. The molecule has 6 rings (SSSR count). The van der Waals surface area contributed by atoms with E-state index in [1.54, 1.807) is 4.90 Å². The van der Waals surface area contributed by atoms with Gasteiger partial charge in [0, 0.05) is 30.6 Å². The Hall–Kier alpha value is -2.21. The van der Waals surface area contributed by atoms with Crippen molar-refractivity contribution in [3.05, 3.63) is 34.9 Å². The fraction of sp³-hybridized carbons (Fsp3) is 0.690. The Morgan fingerprint density at radius 3 is 2.37 bits per heavy atom. The largest absolute Gasteiger partial charge is 0.322 e. The van der Waals surface area contributed by atoms with Gasteiger partial charge in [-0.3, -0.25) is 19.7 Å². The average molecular weight is 478 g/mol. The fourth-order valence-corrected chi connectivity index (χ4v) is 7.36. The molecule has 0 aromatic heterocycles. The van der Waals surface area contributed by atoms with Crippen molar-refractivity contribution in [2.24, 2.45) is 17.8 Å². The second-order valence-electron chi connectivity index (χ2n) is 11.9. The molecule has 1 saturated heterocycles. The maximum absolute atomic E-state index is 13.0. The molecule has 6 nitrogen and oxygen atoms in total. The third-order valence-electron chi connectivity index (χ3n) is 9.51. The topological polar surface area (TPSA) is 78.5 Å². The monoisotopic (exact) mass is 477 g/mol. The summed E-state index contributed by atoms with van der Waals surface area (Å²) in [6.07, 6.45) is 15.4. The van der Waals surface area contributed by atoms with Gasteiger partial charge >= 0.3 is 0 Å². The van der Waals surface area contributed by atoms with Crippen molar-refractivity contribution in [3.63, 3.8) is 0 Å². The highest BCUT2D eigenvalue weighted by molar-refractivity contribution is 6.05. The summed E-state index contributed by atoms with van der Waals surface area (Å²) < 4.78 is 0. The number of hydrogen-bond donors (Lipinski definition) is 2. The molecule has 1 aromatic carbocycles. The van der Waals surface area contributed by atoms with Crippen LogP contribution in [0.4, 0.5) is 0 Å². The first-order valence-corrected chi connectivity index (χ1v) is 14.1. The van der Waals surface area contributed by atoms with E-state index in [4.69, 9.17) is 0 Å². The first-order valence-electron chi connectivity index (χ1n) is 14.1. The van der Waals surface area contributed by atoms with Gasteiger partial charge in [0.25, 0.3) is 5.91 Å². The summed E-state index contributed by atoms with van der Waals surface area (Å²) in [5.41, 5.74) is 3.04. The first kappa shape index (κ1) is 23.2. The van der Waals surface area contributed by atoms with E-state index in [9.17, 15) is 14.4 Å². The number of amides is 3. The van der Waals surface area contributed by atoms with Crippen molar-refractivity contribution in [1.29, 1.82) is 0 Å². The number of piperidine rings is 1. The summed E-state index contributed by atoms with van der Waals surface area (Å²) in [5, 5.41) is 6.48. The van der Waals surface area contributed by atoms with E-state index in [1.165, 1.54) is 69.8 Å². The quantitative estimate of drug-likeness (QED) is 0.605. The first-order chi connectivity index (χ1) is 17.0. The number of nitrogens with one attached hydrogen (secondary N) is 2. The Kier molecular flexibility index (Phi) is 6.42. The van der Waals surface area contributed by atoms with Crippen molar-refractivity contribution in [2.75, 3.05) is 0 Å². The molecule has 0 radical (unpaired) electrons. The Labute approximate surface area is 208 Å². The summed E-state index contributed by atoms with van der Waals surface area (Å²) in [7, 11) is 0. The minimum Gasteiger partial charge on any atom is -0.322 e. The average Bonchev–Trinajstić information content (AvgIpc) is 3.65. The molecule has 4 fully saturated rings. The van der Waals surface area contributed by atoms with E-state index in [1.807, 2.05) is 6.07 Å². The Morgan fingerprint density at radius 2 is 1.63 bits per heavy atom. The lowest BCUT2D eigenvalue weighted by atomic mass is 9.78. The van der Waals surface area contributed by atoms with Gasteiger partial charge in [-0.1, -0.05) is 25.0 Å². The standard InChI is InChI=1S/C29H39N3O3/c33-27-14-13-26(28(34)31-27)32-17-22-16-18(5-12-24(22)29(32)35)15-21-3-1-2-4-25(21)30-23-10-8-20(9-11-23)19-6-7-19/h5,12,16,19-21,23,25-26,30H,1-4,6-11,13-15,17H2,(H,31,33,34)/t20-,21-,23-,25+,26?/m1/s1. The van der Waals surface area contributed by atoms with E-state index in [-0.39, 0.29) is 17.7 Å². The van der Waals surface area contributed by atoms with Gasteiger partial charge in [-0.2, -0.15) is 0 Å². The zero-order valence-corrected chi connectivity index (χ0v) is 20.8. The normalized spacial score (nSPS) is 33.5. The van der Waals surface area contributed by atoms with Crippen LogP contribution in [0.2, 0.25) is 0 Å². The van der Waals surface area contributed by atoms with Crippen LogP contribution in [-0.2, 0) is 22.6 Å². The van der Waals surface area contributed by atoms with Gasteiger partial charge in [0.15, 0.2) is 0 Å². The molecule has 6 heteroatoms. The molecule has 0 spiro atoms. The minimum atomic E-state index is -0.544. The summed E-state index contributed by atoms with van der Waals surface area (Å²) in [4.78, 5) is 38.5. The van der Waals surface area contributed by atoms with Gasteiger partial charge in [-0.15, -0.1) is 0 Å². The number of carbonyl (C=O) groups excluding carboxylic acids is 3. The predicted molar refractivity (Wildman–Crippen MR) is 134 cm³/mol. The van der Waals surface area contributed by atoms with Crippen LogP contribution in [0, 0.1) is 17.8 Å². The van der Waals surface area contributed by atoms with Crippen molar-refractivity contribution >= 4 is 17.7 Å². The van der Waals surface area contributed by atoms with E-state index in [0.717, 1.165) is 23.8 Å². The maximum atomic E-state index is 13.0. The molecule has 188 valence electrons. The minimum absolute atomic E-state index is 0.0833. The van der Waals surface area contributed by atoms with Crippen LogP contribution in [0.25, 0.3) is 0 Å². The lowest BCUT2D eigenvalue weighted by Gasteiger charge is -2.38. The second kappa shape index (κ2) is 9.68. The smallest absolute Gasteiger partial charge is 0.255 e. The van der Waals surface area contributed by atoms with Crippen LogP contribution in [0.3, 0.4) is 0 Å². The molecule has 1 aromatic rings. The number of fused-ring (bicyclic) bond motifs is 1. The summed E-state index contributed by atoms with van der Waals surface area (Å²) in [5.74, 6) is 2.03. The van der Waals surface area contributed by atoms with E-state index < -0.39 is 6.04 Å². The lowest BCUT2D eigenvalue weighted by Crippen LogP contribution is -2.52. The Bertz CT molecular complexity index is 995. The molecule has 2 aliphatic heterocycles. The molecule has 0 bridgehead atoms. The molecule has 2 heterocycles. The SMILES string of the molecule is O=C1CCC(N2Cc3cc(C[C@H]4CCCC[C@@H]4N[C@H]4CC[C@H](C5CC5)CC4)ccc3C2=O)C(=O)N1. The zero-order valence-electron chi connectivity index (χ0n) is 20.8. The number of hydrogen-bond acceptors (Lipinski definition) is 4. The molecule has 5 aliphatic rings. The van der Waals surface area contributed by atoms with Crippen LogP contribution in [0.15, 0.2) is 18.2 Å². The van der Waals surface area contributed by atoms with Crippen LogP contribution < -0.4 is 10.6 Å². The Morgan fingerprint density at radius 1 is 0.886 bits per heavy atom. The van der Waals surface area contributed by atoms with E-state index in [2.05, 4.69) is 22.8 Å². The van der Waals surface area contributed by atoms with Crippen LogP contribution >= 0.6 is 0 Å². The molecular formula is C29H39N3O3. The van der Waals surface area contributed by atoms with Gasteiger partial charge in [0.1, 0.15) is 6.04 Å². The molecule has 2 N–H and O–H groups in total. The molecule has 3 atom stereocenters. The summed E-state index contributed by atoms with van der Waals surface area (Å²) in [6.45, 7) is 0.463. The van der Waals surface area contributed by atoms with Crippen LogP contribution in [-0.4, -0.2) is 40.7 Å². The lowest BCUT2D eigenvalue weighted by molar-refractivity contribution is -0.136. The van der Waals surface area contributed by atoms with Crippen molar-refractivity contribution < 1.29 is 14.4 Å². The van der Waals surface area contributed by atoms with Crippen LogP contribution in [0.1, 0.15) is 98.5 Å². The number of imide groups is 1. The number of carbonyl (C=O) groups is 3. The maximum Gasteiger partial charge on any atom is 0.255 e. The van der Waals surface area contributed by atoms with Crippen molar-refractivity contribution in [3.8, 4) is 0 Å². The number of rotatable bonds is 6. The molecule has 1 unspecified atom stereocenters.